The average Bonchev–Trinajstić information content (AvgIpc) is 3.56. The molecule has 12 nitrogen and oxygen atoms in total. The van der Waals surface area contributed by atoms with Gasteiger partial charge in [-0.25, -0.2) is 14.2 Å². The molecule has 1 aliphatic rings. The van der Waals surface area contributed by atoms with Crippen LogP contribution in [0.5, 0.6) is 0 Å². The Morgan fingerprint density at radius 3 is 2.30 bits per heavy atom. The first-order valence-corrected chi connectivity index (χ1v) is 15.5. The summed E-state index contributed by atoms with van der Waals surface area (Å²) in [6.07, 6.45) is 2.31. The fourth-order valence-electron chi connectivity index (χ4n) is 5.21. The summed E-state index contributed by atoms with van der Waals surface area (Å²) in [5.74, 6) is -1.63. The van der Waals surface area contributed by atoms with E-state index in [1.165, 1.54) is 35.3 Å². The fourth-order valence-corrected chi connectivity index (χ4v) is 5.21. The lowest BCUT2D eigenvalue weighted by atomic mass is 9.85. The van der Waals surface area contributed by atoms with E-state index < -0.39 is 53.2 Å². The van der Waals surface area contributed by atoms with Gasteiger partial charge in [0.2, 0.25) is 11.8 Å². The van der Waals surface area contributed by atoms with Crippen molar-refractivity contribution in [2.75, 3.05) is 26.7 Å². The second-order valence-corrected chi connectivity index (χ2v) is 14.2. The van der Waals surface area contributed by atoms with E-state index in [2.05, 4.69) is 10.3 Å². The van der Waals surface area contributed by atoms with Crippen molar-refractivity contribution in [1.29, 1.82) is 0 Å². The summed E-state index contributed by atoms with van der Waals surface area (Å²) in [6.45, 7) is 12.6. The number of nitrogens with zero attached hydrogens (tertiary/aromatic N) is 5. The predicted octanol–water partition coefficient (Wildman–Crippen LogP) is 2.99. The van der Waals surface area contributed by atoms with E-state index in [1.54, 1.807) is 62.5 Å². The van der Waals surface area contributed by atoms with E-state index in [0.29, 0.717) is 6.42 Å². The molecule has 4 amide bonds. The number of ether oxygens (including phenoxy) is 1. The van der Waals surface area contributed by atoms with E-state index in [-0.39, 0.29) is 43.5 Å². The van der Waals surface area contributed by atoms with Crippen LogP contribution in [0.2, 0.25) is 0 Å². The topological polar surface area (TPSA) is 137 Å². The Kier molecular flexibility index (Phi) is 11.6. The summed E-state index contributed by atoms with van der Waals surface area (Å²) in [6, 6.07) is 3.55. The molecule has 1 aliphatic heterocycles. The first-order chi connectivity index (χ1) is 21.3. The number of carbonyl (C=O) groups is 4. The van der Waals surface area contributed by atoms with Gasteiger partial charge in [0.25, 0.3) is 5.91 Å². The molecule has 0 spiro atoms. The van der Waals surface area contributed by atoms with Crippen molar-refractivity contribution in [3.8, 4) is 0 Å². The van der Waals surface area contributed by atoms with Crippen LogP contribution in [0, 0.1) is 11.2 Å². The molecule has 1 unspecified atom stereocenters. The Balaban J connectivity index is 1.82. The van der Waals surface area contributed by atoms with Crippen molar-refractivity contribution in [2.24, 2.45) is 12.5 Å². The zero-order valence-corrected chi connectivity index (χ0v) is 28.4. The Morgan fingerprint density at radius 2 is 1.76 bits per heavy atom. The fraction of sp³-hybridized carbons (Fsp3) is 0.606. The molecule has 2 N–H and O–H groups in total. The lowest BCUT2D eigenvalue weighted by Gasteiger charge is -2.38. The molecule has 3 rings (SSSR count). The number of imidazole rings is 1. The molecule has 1 saturated heterocycles. The zero-order valence-electron chi connectivity index (χ0n) is 28.4. The summed E-state index contributed by atoms with van der Waals surface area (Å²) in [4.78, 5) is 62.3. The summed E-state index contributed by atoms with van der Waals surface area (Å²) in [5, 5.41) is 13.6. The summed E-state index contributed by atoms with van der Waals surface area (Å²) >= 11 is 0. The molecule has 4 atom stereocenters. The highest BCUT2D eigenvalue weighted by Crippen LogP contribution is 2.27. The molecule has 2 aromatic rings. The molecule has 0 bridgehead atoms. The maximum Gasteiger partial charge on any atom is 0.410 e. The largest absolute Gasteiger partial charge is 0.444 e. The third-order valence-electron chi connectivity index (χ3n) is 7.94. The van der Waals surface area contributed by atoms with Crippen LogP contribution in [0.15, 0.2) is 36.8 Å². The Bertz CT molecular complexity index is 1380. The number of nitrogens with one attached hydrogen (secondary N) is 1. The van der Waals surface area contributed by atoms with Crippen LogP contribution in [0.1, 0.15) is 70.9 Å². The Morgan fingerprint density at radius 1 is 1.13 bits per heavy atom. The van der Waals surface area contributed by atoms with Crippen molar-refractivity contribution in [2.45, 2.75) is 91.1 Å². The van der Waals surface area contributed by atoms with E-state index in [0.717, 1.165) is 5.56 Å². The van der Waals surface area contributed by atoms with Gasteiger partial charge in [0, 0.05) is 39.9 Å². The quantitative estimate of drug-likeness (QED) is 0.406. The van der Waals surface area contributed by atoms with Gasteiger partial charge in [-0.15, -0.1) is 0 Å². The number of aliphatic hydroxyl groups excluding tert-OH is 1. The number of likely N-dealkylation sites (N-methyl/N-ethyl adjacent to an activating group) is 1. The standard InChI is InChI=1S/C33H49FN6O6/c1-21(38(9)31(45)46-33(5,6)7)28(42)36-27(32(2,3)4)30(44)40-18-25(41)16-24(40)17-39(29(43)26-19-37(8)20-35-26)15-14-22-10-12-23(34)13-11-22/h10-13,19-21,24-25,27,41H,14-18H2,1-9H3,(H,36,42)/t21-,24?,25+,27+/m0/s1. The minimum absolute atomic E-state index is 0.0306. The van der Waals surface area contributed by atoms with Gasteiger partial charge >= 0.3 is 6.09 Å². The van der Waals surface area contributed by atoms with E-state index in [9.17, 15) is 28.7 Å². The van der Waals surface area contributed by atoms with Crippen LogP contribution in [0.4, 0.5) is 9.18 Å². The van der Waals surface area contributed by atoms with E-state index in [1.807, 2.05) is 20.8 Å². The van der Waals surface area contributed by atoms with Gasteiger partial charge < -0.3 is 29.5 Å². The second-order valence-electron chi connectivity index (χ2n) is 14.2. The summed E-state index contributed by atoms with van der Waals surface area (Å²) < 4.78 is 20.5. The first-order valence-electron chi connectivity index (χ1n) is 15.5. The van der Waals surface area contributed by atoms with Gasteiger partial charge in [-0.2, -0.15) is 0 Å². The van der Waals surface area contributed by atoms with Crippen LogP contribution in [0.25, 0.3) is 0 Å². The monoisotopic (exact) mass is 644 g/mol. The summed E-state index contributed by atoms with van der Waals surface area (Å²) in [5.41, 5.74) is -0.412. The number of hydrogen-bond acceptors (Lipinski definition) is 7. The number of likely N-dealkylation sites (tertiary alicyclic amines) is 1. The lowest BCUT2D eigenvalue weighted by molar-refractivity contribution is -0.141. The van der Waals surface area contributed by atoms with Gasteiger partial charge in [0.05, 0.1) is 18.5 Å². The minimum atomic E-state index is -0.999. The number of benzene rings is 1. The van der Waals surface area contributed by atoms with E-state index in [4.69, 9.17) is 4.74 Å². The lowest BCUT2D eigenvalue weighted by Crippen LogP contribution is -2.59. The van der Waals surface area contributed by atoms with Crippen molar-refractivity contribution in [1.82, 2.24) is 29.6 Å². The number of aryl methyl sites for hydroxylation is 1. The van der Waals surface area contributed by atoms with Crippen LogP contribution in [0.3, 0.4) is 0 Å². The SMILES string of the molecule is C[C@@H](C(=O)N[C@H](C(=O)N1C[C@H](O)CC1CN(CCc1ccc(F)cc1)C(=O)c1cn(C)cn1)C(C)(C)C)N(C)C(=O)OC(C)(C)C. The number of hydrogen-bond donors (Lipinski definition) is 2. The molecule has 0 radical (unpaired) electrons. The number of amides is 4. The molecule has 1 aromatic carbocycles. The van der Waals surface area contributed by atoms with Gasteiger partial charge in [-0.05, 0) is 63.6 Å². The van der Waals surface area contributed by atoms with Crippen LogP contribution < -0.4 is 5.32 Å². The highest BCUT2D eigenvalue weighted by Gasteiger charge is 2.43. The third-order valence-corrected chi connectivity index (χ3v) is 7.94. The smallest absolute Gasteiger partial charge is 0.410 e. The van der Waals surface area contributed by atoms with Gasteiger partial charge in [-0.1, -0.05) is 32.9 Å². The zero-order chi connectivity index (χ0) is 34.6. The summed E-state index contributed by atoms with van der Waals surface area (Å²) in [7, 11) is 3.21. The maximum absolute atomic E-state index is 14.2. The molecule has 0 aliphatic carbocycles. The second kappa shape index (κ2) is 14.6. The van der Waals surface area contributed by atoms with Crippen LogP contribution in [-0.4, -0.2) is 110 Å². The molecular formula is C33H49FN6O6. The minimum Gasteiger partial charge on any atom is -0.444 e. The highest BCUT2D eigenvalue weighted by molar-refractivity contribution is 5.93. The molecule has 46 heavy (non-hydrogen) atoms. The van der Waals surface area contributed by atoms with Crippen LogP contribution >= 0.6 is 0 Å². The number of halogens is 1. The normalized spacial score (nSPS) is 18.1. The number of carbonyl (C=O) groups excluding carboxylic acids is 4. The number of aromatic nitrogens is 2. The number of β-amino-alcohol motifs (C(OH)–C–C–N with tert-alkyl or cyclic N) is 1. The predicted molar refractivity (Wildman–Crippen MR) is 170 cm³/mol. The molecule has 13 heteroatoms. The molecule has 254 valence electrons. The maximum atomic E-state index is 14.2. The van der Waals surface area contributed by atoms with Crippen molar-refractivity contribution < 1.29 is 33.4 Å². The molecule has 1 fully saturated rings. The molecular weight excluding hydrogens is 595 g/mol. The van der Waals surface area contributed by atoms with Crippen molar-refractivity contribution in [3.05, 3.63) is 53.9 Å². The van der Waals surface area contributed by atoms with E-state index >= 15 is 0 Å². The number of rotatable bonds is 10. The average molecular weight is 645 g/mol. The Labute approximate surface area is 270 Å². The van der Waals surface area contributed by atoms with Gasteiger partial charge in [0.1, 0.15) is 29.2 Å². The van der Waals surface area contributed by atoms with Crippen LogP contribution in [-0.2, 0) is 27.8 Å². The third kappa shape index (κ3) is 9.75. The van der Waals surface area contributed by atoms with Gasteiger partial charge in [-0.3, -0.25) is 19.3 Å². The number of aliphatic hydroxyl groups is 1. The first kappa shape index (κ1) is 36.5. The highest BCUT2D eigenvalue weighted by atomic mass is 19.1. The van der Waals surface area contributed by atoms with Gasteiger partial charge in [0.15, 0.2) is 0 Å². The van der Waals surface area contributed by atoms with Crippen molar-refractivity contribution >= 4 is 23.8 Å². The van der Waals surface area contributed by atoms with Crippen molar-refractivity contribution in [3.63, 3.8) is 0 Å². The molecule has 1 aromatic heterocycles. The molecule has 0 saturated carbocycles. The Hall–Kier alpha value is -4.00. The molecule has 2 heterocycles.